The molecule has 0 amide bonds. The molecule has 7 aromatic rings. The first-order valence-electron chi connectivity index (χ1n) is 16.0. The van der Waals surface area contributed by atoms with Gasteiger partial charge in [-0.1, -0.05) is 164 Å². The molecule has 47 heavy (non-hydrogen) atoms. The van der Waals surface area contributed by atoms with Gasteiger partial charge in [0.2, 0.25) is 5.82 Å². The maximum atomic E-state index is 6.28. The van der Waals surface area contributed by atoms with E-state index in [0.717, 1.165) is 65.0 Å². The molecule has 0 atom stereocenters. The van der Waals surface area contributed by atoms with Crippen LogP contribution in [0.25, 0.3) is 22.5 Å². The van der Waals surface area contributed by atoms with Crippen molar-refractivity contribution >= 4 is 11.6 Å². The van der Waals surface area contributed by atoms with Gasteiger partial charge >= 0.3 is 0 Å². The van der Waals surface area contributed by atoms with Gasteiger partial charge in [0.05, 0.1) is 0 Å². The van der Waals surface area contributed by atoms with Gasteiger partial charge in [-0.05, 0) is 45.0 Å². The number of aryl methyl sites for hydroxylation is 1. The SMILES string of the molecule is CCCCc1nc(Cl)cn1Cc1ccc(-c2ccccc2-c2nnn(C(c3ccccc3)(c3ccccc3)c3ccccc3)n2)cc1. The topological polar surface area (TPSA) is 61.4 Å². The van der Waals surface area contributed by atoms with Crippen molar-refractivity contribution in [3.8, 4) is 22.5 Å². The van der Waals surface area contributed by atoms with Crippen molar-refractivity contribution in [2.24, 2.45) is 0 Å². The summed E-state index contributed by atoms with van der Waals surface area (Å²) in [6.45, 7) is 2.91. The molecule has 0 aliphatic rings. The monoisotopic (exact) mass is 634 g/mol. The lowest BCUT2D eigenvalue weighted by Gasteiger charge is -2.34. The molecule has 232 valence electrons. The summed E-state index contributed by atoms with van der Waals surface area (Å²) in [5.74, 6) is 1.59. The van der Waals surface area contributed by atoms with Crippen LogP contribution in [0.3, 0.4) is 0 Å². The standard InChI is InChI=1S/C40H35ClN6/c1-2-3-23-38-42-37(41)29-46(38)28-30-24-26-31(27-25-30)35-21-13-14-22-36(35)39-43-45-47(44-39)40(32-15-7-4-8-16-32,33-17-9-5-10-18-33)34-19-11-6-12-20-34/h4-22,24-27,29H,2-3,23,28H2,1H3. The number of hydrogen-bond donors (Lipinski definition) is 0. The first-order valence-corrected chi connectivity index (χ1v) is 16.4. The maximum absolute atomic E-state index is 6.28. The molecule has 2 heterocycles. The van der Waals surface area contributed by atoms with Gasteiger partial charge in [-0.25, -0.2) is 4.98 Å². The highest BCUT2D eigenvalue weighted by Crippen LogP contribution is 2.40. The van der Waals surface area contributed by atoms with Crippen LogP contribution < -0.4 is 0 Å². The van der Waals surface area contributed by atoms with E-state index in [1.165, 1.54) is 5.56 Å². The minimum absolute atomic E-state index is 0.540. The summed E-state index contributed by atoms with van der Waals surface area (Å²) >= 11 is 6.28. The van der Waals surface area contributed by atoms with Crippen LogP contribution in [0.1, 0.15) is 47.8 Å². The van der Waals surface area contributed by atoms with E-state index in [0.29, 0.717) is 11.0 Å². The molecule has 6 nitrogen and oxygen atoms in total. The Labute approximate surface area is 280 Å². The Morgan fingerprint density at radius 3 is 1.79 bits per heavy atom. The molecular weight excluding hydrogens is 600 g/mol. The van der Waals surface area contributed by atoms with E-state index in [1.807, 2.05) is 36.5 Å². The lowest BCUT2D eigenvalue weighted by Crippen LogP contribution is -2.39. The molecule has 0 N–H and O–H groups in total. The largest absolute Gasteiger partial charge is 0.329 e. The van der Waals surface area contributed by atoms with E-state index in [-0.39, 0.29) is 0 Å². The molecule has 5 aromatic carbocycles. The number of unbranched alkanes of at least 4 members (excludes halogenated alkanes) is 1. The molecule has 0 spiro atoms. The fourth-order valence-electron chi connectivity index (χ4n) is 6.36. The van der Waals surface area contributed by atoms with E-state index < -0.39 is 5.54 Å². The summed E-state index contributed by atoms with van der Waals surface area (Å²) in [5.41, 5.74) is 6.51. The quantitative estimate of drug-likeness (QED) is 0.133. The van der Waals surface area contributed by atoms with Gasteiger partial charge in [0.1, 0.15) is 11.0 Å². The van der Waals surface area contributed by atoms with E-state index >= 15 is 0 Å². The van der Waals surface area contributed by atoms with Crippen LogP contribution >= 0.6 is 11.6 Å². The maximum Gasteiger partial charge on any atom is 0.205 e. The number of hydrogen-bond acceptors (Lipinski definition) is 4. The van der Waals surface area contributed by atoms with Crippen LogP contribution in [0.4, 0.5) is 0 Å². The van der Waals surface area contributed by atoms with Crippen LogP contribution in [0.5, 0.6) is 0 Å². The first-order chi connectivity index (χ1) is 23.2. The average Bonchev–Trinajstić information content (AvgIpc) is 3.76. The van der Waals surface area contributed by atoms with Crippen molar-refractivity contribution in [2.75, 3.05) is 0 Å². The van der Waals surface area contributed by atoms with Gasteiger partial charge < -0.3 is 4.57 Å². The van der Waals surface area contributed by atoms with Gasteiger partial charge in [-0.2, -0.15) is 0 Å². The predicted octanol–water partition coefficient (Wildman–Crippen LogP) is 9.09. The molecule has 2 aromatic heterocycles. The molecule has 7 rings (SSSR count). The van der Waals surface area contributed by atoms with E-state index in [4.69, 9.17) is 27.0 Å². The molecule has 0 saturated carbocycles. The van der Waals surface area contributed by atoms with Gasteiger partial charge in [-0.3, -0.25) is 0 Å². The second-order valence-electron chi connectivity index (χ2n) is 11.7. The van der Waals surface area contributed by atoms with Crippen LogP contribution in [-0.4, -0.2) is 29.8 Å². The third-order valence-corrected chi connectivity index (χ3v) is 8.84. The minimum Gasteiger partial charge on any atom is -0.329 e. The summed E-state index contributed by atoms with van der Waals surface area (Å²) in [5, 5.41) is 15.2. The Kier molecular flexibility index (Phi) is 8.76. The highest BCUT2D eigenvalue weighted by atomic mass is 35.5. The highest BCUT2D eigenvalue weighted by Gasteiger charge is 2.41. The van der Waals surface area contributed by atoms with Crippen molar-refractivity contribution in [1.82, 2.24) is 29.8 Å². The van der Waals surface area contributed by atoms with Gasteiger partial charge in [0.25, 0.3) is 0 Å². The fraction of sp³-hybridized carbons (Fsp3) is 0.150. The highest BCUT2D eigenvalue weighted by molar-refractivity contribution is 6.29. The van der Waals surface area contributed by atoms with Gasteiger partial charge in [0, 0.05) is 24.7 Å². The van der Waals surface area contributed by atoms with Gasteiger partial charge in [-0.15, -0.1) is 15.0 Å². The third kappa shape index (κ3) is 6.00. The predicted molar refractivity (Wildman–Crippen MR) is 188 cm³/mol. The Morgan fingerprint density at radius 1 is 0.660 bits per heavy atom. The Hall–Kier alpha value is -5.33. The lowest BCUT2D eigenvalue weighted by atomic mass is 9.77. The van der Waals surface area contributed by atoms with Crippen LogP contribution in [-0.2, 0) is 18.5 Å². The summed E-state index contributed by atoms with van der Waals surface area (Å²) in [6, 6.07) is 48.1. The number of aromatic nitrogens is 6. The van der Waals surface area contributed by atoms with Crippen molar-refractivity contribution in [2.45, 2.75) is 38.3 Å². The van der Waals surface area contributed by atoms with E-state index in [9.17, 15) is 0 Å². The number of halogens is 1. The number of tetrazole rings is 1. The molecule has 0 unspecified atom stereocenters. The summed E-state index contributed by atoms with van der Waals surface area (Å²) in [4.78, 5) is 6.31. The van der Waals surface area contributed by atoms with Crippen molar-refractivity contribution in [3.63, 3.8) is 0 Å². The number of imidazole rings is 1. The summed E-state index contributed by atoms with van der Waals surface area (Å²) in [7, 11) is 0. The molecule has 0 aliphatic heterocycles. The van der Waals surface area contributed by atoms with Crippen molar-refractivity contribution in [1.29, 1.82) is 0 Å². The fourth-order valence-corrected chi connectivity index (χ4v) is 6.57. The molecule has 0 bridgehead atoms. The zero-order valence-corrected chi connectivity index (χ0v) is 27.0. The number of benzene rings is 5. The number of nitrogens with zero attached hydrogens (tertiary/aromatic N) is 6. The first kappa shape index (κ1) is 30.3. The molecule has 0 fully saturated rings. The Bertz CT molecular complexity index is 1950. The van der Waals surface area contributed by atoms with Crippen molar-refractivity contribution < 1.29 is 0 Å². The average molecular weight is 635 g/mol. The Morgan fingerprint density at radius 2 is 1.21 bits per heavy atom. The molecule has 0 radical (unpaired) electrons. The zero-order valence-electron chi connectivity index (χ0n) is 26.2. The van der Waals surface area contributed by atoms with Crippen molar-refractivity contribution in [3.05, 3.63) is 179 Å². The van der Waals surface area contributed by atoms with Crippen LogP contribution in [0.15, 0.2) is 146 Å². The number of rotatable bonds is 11. The summed E-state index contributed by atoms with van der Waals surface area (Å²) in [6.07, 6.45) is 5.05. The molecular formula is C40H35ClN6. The summed E-state index contributed by atoms with van der Waals surface area (Å²) < 4.78 is 2.15. The Balaban J connectivity index is 1.28. The van der Waals surface area contributed by atoms with E-state index in [1.54, 1.807) is 4.80 Å². The molecule has 0 saturated heterocycles. The second-order valence-corrected chi connectivity index (χ2v) is 12.1. The zero-order chi connectivity index (χ0) is 32.1. The molecule has 0 aliphatic carbocycles. The second kappa shape index (κ2) is 13.6. The third-order valence-electron chi connectivity index (χ3n) is 8.66. The normalized spacial score (nSPS) is 11.5. The van der Waals surface area contributed by atoms with Crippen LogP contribution in [0, 0.1) is 0 Å². The lowest BCUT2D eigenvalue weighted by molar-refractivity contribution is 0.396. The van der Waals surface area contributed by atoms with Gasteiger partial charge in [0.15, 0.2) is 5.54 Å². The van der Waals surface area contributed by atoms with Crippen LogP contribution in [0.2, 0.25) is 5.15 Å². The smallest absolute Gasteiger partial charge is 0.205 e. The molecule has 7 heteroatoms. The van der Waals surface area contributed by atoms with E-state index in [2.05, 4.69) is 126 Å². The minimum atomic E-state index is -0.835.